The van der Waals surface area contributed by atoms with Crippen molar-refractivity contribution >= 4 is 15.9 Å². The maximum Gasteiger partial charge on any atom is 0.0212 e. The number of rotatable bonds is 1. The molecule has 2 aliphatic rings. The van der Waals surface area contributed by atoms with Crippen molar-refractivity contribution in [2.24, 2.45) is 0 Å². The lowest BCUT2D eigenvalue weighted by atomic mass is 9.87. The number of benzene rings is 1. The fraction of sp³-hybridized carbons (Fsp3) is 0.571. The summed E-state index contributed by atoms with van der Waals surface area (Å²) in [6.45, 7) is 2.34. The predicted octanol–water partition coefficient (Wildman–Crippen LogP) is 3.40. The Bertz CT molecular complexity index is 394. The highest BCUT2D eigenvalue weighted by atomic mass is 79.9. The zero-order valence-electron chi connectivity index (χ0n) is 9.56. The average Bonchev–Trinajstić information content (AvgIpc) is 2.82. The maximum atomic E-state index is 3.76. The van der Waals surface area contributed by atoms with Gasteiger partial charge in [0.1, 0.15) is 0 Å². The van der Waals surface area contributed by atoms with Crippen molar-refractivity contribution in [2.75, 3.05) is 13.1 Å². The Balaban J connectivity index is 1.97. The molecular weight excluding hydrogens is 262 g/mol. The molecule has 1 N–H and O–H groups in total. The third kappa shape index (κ3) is 1.93. The van der Waals surface area contributed by atoms with E-state index in [0.717, 1.165) is 12.5 Å². The normalized spacial score (nSPS) is 24.4. The molecule has 1 fully saturated rings. The van der Waals surface area contributed by atoms with Crippen molar-refractivity contribution < 1.29 is 0 Å². The molecule has 1 saturated heterocycles. The van der Waals surface area contributed by atoms with Crippen LogP contribution in [0, 0.1) is 0 Å². The van der Waals surface area contributed by atoms with Gasteiger partial charge < -0.3 is 5.32 Å². The Morgan fingerprint density at radius 3 is 2.88 bits per heavy atom. The van der Waals surface area contributed by atoms with E-state index < -0.39 is 0 Å². The molecule has 0 radical (unpaired) electrons. The van der Waals surface area contributed by atoms with E-state index in [1.165, 1.54) is 48.7 Å². The maximum absolute atomic E-state index is 3.76. The third-order valence-corrected chi connectivity index (χ3v) is 4.67. The zero-order valence-corrected chi connectivity index (χ0v) is 11.1. The van der Waals surface area contributed by atoms with Crippen LogP contribution < -0.4 is 5.32 Å². The monoisotopic (exact) mass is 279 g/mol. The van der Waals surface area contributed by atoms with Crippen LogP contribution in [0.5, 0.6) is 0 Å². The highest BCUT2D eigenvalue weighted by Crippen LogP contribution is 2.33. The van der Waals surface area contributed by atoms with Gasteiger partial charge in [-0.3, -0.25) is 0 Å². The lowest BCUT2D eigenvalue weighted by Crippen LogP contribution is -2.10. The summed E-state index contributed by atoms with van der Waals surface area (Å²) in [6.07, 6.45) is 6.56. The molecule has 0 bridgehead atoms. The summed E-state index contributed by atoms with van der Waals surface area (Å²) in [7, 11) is 0. The van der Waals surface area contributed by atoms with E-state index in [9.17, 15) is 0 Å². The number of fused-ring (bicyclic) bond motifs is 1. The first-order valence-corrected chi connectivity index (χ1v) is 7.16. The van der Waals surface area contributed by atoms with Crippen molar-refractivity contribution in [3.8, 4) is 0 Å². The predicted molar refractivity (Wildman–Crippen MR) is 71.0 cm³/mol. The van der Waals surface area contributed by atoms with Gasteiger partial charge in [0, 0.05) is 11.0 Å². The molecule has 86 valence electrons. The molecule has 1 nitrogen and oxygen atoms in total. The van der Waals surface area contributed by atoms with Crippen molar-refractivity contribution in [2.45, 2.75) is 38.0 Å². The fourth-order valence-electron chi connectivity index (χ4n) is 3.01. The Morgan fingerprint density at radius 2 is 2.06 bits per heavy atom. The summed E-state index contributed by atoms with van der Waals surface area (Å²) in [4.78, 5) is 0. The first kappa shape index (κ1) is 10.8. The van der Waals surface area contributed by atoms with Crippen molar-refractivity contribution in [3.63, 3.8) is 0 Å². The van der Waals surface area contributed by atoms with Crippen LogP contribution in [0.2, 0.25) is 0 Å². The third-order valence-electron chi connectivity index (χ3n) is 3.96. The molecule has 1 heterocycles. The molecule has 1 aliphatic heterocycles. The molecule has 1 unspecified atom stereocenters. The lowest BCUT2D eigenvalue weighted by molar-refractivity contribution is 0.677. The Kier molecular flexibility index (Phi) is 3.03. The summed E-state index contributed by atoms with van der Waals surface area (Å²) in [5, 5.41) is 3.46. The van der Waals surface area contributed by atoms with Gasteiger partial charge in [-0.2, -0.15) is 0 Å². The van der Waals surface area contributed by atoms with Crippen molar-refractivity contribution in [3.05, 3.63) is 33.3 Å². The largest absolute Gasteiger partial charge is 0.316 e. The molecule has 0 amide bonds. The second-order valence-electron chi connectivity index (χ2n) is 5.04. The molecule has 0 saturated carbocycles. The summed E-state index contributed by atoms with van der Waals surface area (Å²) < 4.78 is 1.35. The van der Waals surface area contributed by atoms with Crippen LogP contribution in [0.3, 0.4) is 0 Å². The van der Waals surface area contributed by atoms with Gasteiger partial charge >= 0.3 is 0 Å². The second-order valence-corrected chi connectivity index (χ2v) is 5.89. The average molecular weight is 280 g/mol. The molecular formula is C14H18BrN. The minimum absolute atomic E-state index is 0.739. The van der Waals surface area contributed by atoms with Crippen LogP contribution in [-0.2, 0) is 12.8 Å². The number of halogens is 1. The molecule has 1 atom stereocenters. The summed E-state index contributed by atoms with van der Waals surface area (Å²) in [5.74, 6) is 0.739. The van der Waals surface area contributed by atoms with Crippen molar-refractivity contribution in [1.82, 2.24) is 5.32 Å². The molecule has 1 aromatic carbocycles. The Morgan fingerprint density at radius 1 is 1.19 bits per heavy atom. The van der Waals surface area contributed by atoms with E-state index in [0.29, 0.717) is 0 Å². The van der Waals surface area contributed by atoms with Crippen LogP contribution in [0.4, 0.5) is 0 Å². The van der Waals surface area contributed by atoms with E-state index in [-0.39, 0.29) is 0 Å². The van der Waals surface area contributed by atoms with E-state index in [2.05, 4.69) is 33.4 Å². The lowest BCUT2D eigenvalue weighted by Gasteiger charge is -2.20. The van der Waals surface area contributed by atoms with Crippen LogP contribution in [0.25, 0.3) is 0 Å². The minimum atomic E-state index is 0.739. The number of hydrogen-bond acceptors (Lipinski definition) is 1. The molecule has 1 aliphatic carbocycles. The Hall–Kier alpha value is -0.340. The zero-order chi connectivity index (χ0) is 11.0. The van der Waals surface area contributed by atoms with Gasteiger partial charge in [-0.25, -0.2) is 0 Å². The van der Waals surface area contributed by atoms with Crippen molar-refractivity contribution in [1.29, 1.82) is 0 Å². The second kappa shape index (κ2) is 4.50. The van der Waals surface area contributed by atoms with Gasteiger partial charge in [-0.05, 0) is 67.3 Å². The quantitative estimate of drug-likeness (QED) is 0.831. The standard InChI is InChI=1S/C14H18BrN/c15-14-8-12(11-5-6-16-9-11)7-10-3-1-2-4-13(10)14/h7-8,11,16H,1-6,9H2. The first-order valence-electron chi connectivity index (χ1n) is 6.36. The summed E-state index contributed by atoms with van der Waals surface area (Å²) in [5.41, 5.74) is 4.71. The number of hydrogen-bond donors (Lipinski definition) is 1. The van der Waals surface area contributed by atoms with Gasteiger partial charge in [0.2, 0.25) is 0 Å². The highest BCUT2D eigenvalue weighted by molar-refractivity contribution is 9.10. The van der Waals surface area contributed by atoms with Gasteiger partial charge in [0.05, 0.1) is 0 Å². The fourth-order valence-corrected chi connectivity index (χ4v) is 3.73. The van der Waals surface area contributed by atoms with E-state index in [1.54, 1.807) is 11.1 Å². The number of aryl methyl sites for hydroxylation is 1. The molecule has 0 spiro atoms. The van der Waals surface area contributed by atoms with Crippen LogP contribution in [0.1, 0.15) is 41.9 Å². The van der Waals surface area contributed by atoms with E-state index in [4.69, 9.17) is 0 Å². The van der Waals surface area contributed by atoms with Crippen LogP contribution in [-0.4, -0.2) is 13.1 Å². The van der Waals surface area contributed by atoms with E-state index in [1.807, 2.05) is 0 Å². The van der Waals surface area contributed by atoms with Gasteiger partial charge in [0.25, 0.3) is 0 Å². The molecule has 16 heavy (non-hydrogen) atoms. The molecule has 1 aromatic rings. The van der Waals surface area contributed by atoms with Crippen LogP contribution in [0.15, 0.2) is 16.6 Å². The van der Waals surface area contributed by atoms with Gasteiger partial charge in [-0.15, -0.1) is 0 Å². The topological polar surface area (TPSA) is 12.0 Å². The minimum Gasteiger partial charge on any atom is -0.316 e. The molecule has 3 rings (SSSR count). The first-order chi connectivity index (χ1) is 7.84. The number of nitrogens with one attached hydrogen (secondary N) is 1. The van der Waals surface area contributed by atoms with Gasteiger partial charge in [-0.1, -0.05) is 22.0 Å². The summed E-state index contributed by atoms with van der Waals surface area (Å²) in [6, 6.07) is 4.83. The van der Waals surface area contributed by atoms with E-state index >= 15 is 0 Å². The smallest absolute Gasteiger partial charge is 0.0212 e. The molecule has 0 aromatic heterocycles. The molecule has 2 heteroatoms. The van der Waals surface area contributed by atoms with Crippen LogP contribution >= 0.6 is 15.9 Å². The van der Waals surface area contributed by atoms with Gasteiger partial charge in [0.15, 0.2) is 0 Å². The summed E-state index contributed by atoms with van der Waals surface area (Å²) >= 11 is 3.76. The SMILES string of the molecule is Brc1cc(C2CCNC2)cc2c1CCCC2. The Labute approximate surface area is 106 Å². The highest BCUT2D eigenvalue weighted by Gasteiger charge is 2.20.